The Morgan fingerprint density at radius 2 is 1.74 bits per heavy atom. The van der Waals surface area contributed by atoms with Crippen molar-refractivity contribution < 1.29 is 19.1 Å². The number of hydrogen-bond acceptors (Lipinski definition) is 8. The van der Waals surface area contributed by atoms with Crippen LogP contribution in [0.4, 0.5) is 0 Å². The van der Waals surface area contributed by atoms with Crippen LogP contribution in [0.3, 0.4) is 0 Å². The first kappa shape index (κ1) is 23.8. The van der Waals surface area contributed by atoms with E-state index in [1.807, 2.05) is 47.0 Å². The second kappa shape index (κ2) is 11.2. The van der Waals surface area contributed by atoms with Crippen molar-refractivity contribution in [1.82, 2.24) is 30.6 Å². The average Bonchev–Trinajstić information content (AvgIpc) is 3.35. The van der Waals surface area contributed by atoms with E-state index in [1.54, 1.807) is 24.5 Å². The lowest BCUT2D eigenvalue weighted by Crippen LogP contribution is -2.42. The Morgan fingerprint density at radius 3 is 2.46 bits per heavy atom. The van der Waals surface area contributed by atoms with Crippen LogP contribution in [0.25, 0.3) is 17.1 Å². The van der Waals surface area contributed by atoms with Gasteiger partial charge in [0.1, 0.15) is 0 Å². The number of rotatable bonds is 8. The van der Waals surface area contributed by atoms with Crippen molar-refractivity contribution in [2.45, 2.75) is 5.16 Å². The van der Waals surface area contributed by atoms with Gasteiger partial charge in [-0.3, -0.25) is 30.0 Å². The standard InChI is InChI=1S/C24H22N6O4S/c1-33-19-11-10-16(13-20(19)34-2)23(32)28-26-21(31)15-35-24-29-27-22(17-7-6-12-25-14-17)30(24)18-8-4-3-5-9-18/h3-14H,15H2,1-2H3,(H,26,31)(H,28,32). The van der Waals surface area contributed by atoms with Gasteiger partial charge in [0.25, 0.3) is 5.91 Å². The van der Waals surface area contributed by atoms with E-state index in [-0.39, 0.29) is 5.75 Å². The average molecular weight is 491 g/mol. The number of hydrazine groups is 1. The van der Waals surface area contributed by atoms with Crippen LogP contribution in [0.1, 0.15) is 10.4 Å². The fraction of sp³-hybridized carbons (Fsp3) is 0.125. The van der Waals surface area contributed by atoms with E-state index in [0.29, 0.717) is 28.0 Å². The second-order valence-electron chi connectivity index (χ2n) is 7.08. The van der Waals surface area contributed by atoms with Gasteiger partial charge in [0, 0.05) is 29.2 Å². The summed E-state index contributed by atoms with van der Waals surface area (Å²) in [4.78, 5) is 29.0. The molecule has 0 aliphatic carbocycles. The number of benzene rings is 2. The number of aromatic nitrogens is 4. The minimum absolute atomic E-state index is 0.00419. The zero-order valence-corrected chi connectivity index (χ0v) is 19.8. The molecule has 2 aromatic carbocycles. The predicted molar refractivity (Wildman–Crippen MR) is 130 cm³/mol. The van der Waals surface area contributed by atoms with Crippen LogP contribution < -0.4 is 20.3 Å². The zero-order chi connectivity index (χ0) is 24.6. The number of nitrogens with one attached hydrogen (secondary N) is 2. The highest BCUT2D eigenvalue weighted by atomic mass is 32.2. The van der Waals surface area contributed by atoms with Gasteiger partial charge >= 0.3 is 0 Å². The van der Waals surface area contributed by atoms with Crippen LogP contribution in [0, 0.1) is 0 Å². The van der Waals surface area contributed by atoms with E-state index in [0.717, 1.165) is 11.3 Å². The van der Waals surface area contributed by atoms with Crippen LogP contribution in [-0.2, 0) is 4.79 Å². The highest BCUT2D eigenvalue weighted by Crippen LogP contribution is 2.28. The Morgan fingerprint density at radius 1 is 0.943 bits per heavy atom. The molecule has 4 rings (SSSR count). The minimum atomic E-state index is -0.490. The number of amides is 2. The maximum absolute atomic E-state index is 12.4. The van der Waals surface area contributed by atoms with Crippen molar-refractivity contribution in [3.05, 3.63) is 78.6 Å². The number of hydrogen-bond donors (Lipinski definition) is 2. The number of carbonyl (C=O) groups excluding carboxylic acids is 2. The summed E-state index contributed by atoms with van der Waals surface area (Å²) < 4.78 is 12.2. The molecule has 0 saturated carbocycles. The Labute approximate surface area is 205 Å². The minimum Gasteiger partial charge on any atom is -0.493 e. The molecule has 35 heavy (non-hydrogen) atoms. The quantitative estimate of drug-likeness (QED) is 0.286. The van der Waals surface area contributed by atoms with Gasteiger partial charge in [-0.15, -0.1) is 10.2 Å². The first-order valence-corrected chi connectivity index (χ1v) is 11.4. The molecule has 0 aliphatic rings. The van der Waals surface area contributed by atoms with Crippen LogP contribution >= 0.6 is 11.8 Å². The van der Waals surface area contributed by atoms with E-state index in [1.165, 1.54) is 32.0 Å². The topological polar surface area (TPSA) is 120 Å². The first-order chi connectivity index (χ1) is 17.1. The van der Waals surface area contributed by atoms with Gasteiger partial charge in [0.15, 0.2) is 22.5 Å². The molecule has 2 N–H and O–H groups in total. The summed E-state index contributed by atoms with van der Waals surface area (Å²) in [6.07, 6.45) is 3.39. The Balaban J connectivity index is 1.43. The van der Waals surface area contributed by atoms with Gasteiger partial charge in [0.05, 0.1) is 20.0 Å². The Bertz CT molecular complexity index is 1310. The molecule has 10 nitrogen and oxygen atoms in total. The number of methoxy groups -OCH3 is 2. The molecule has 2 amide bonds. The molecule has 0 radical (unpaired) electrons. The lowest BCUT2D eigenvalue weighted by atomic mass is 10.2. The molecule has 11 heteroatoms. The van der Waals surface area contributed by atoms with E-state index < -0.39 is 11.8 Å². The predicted octanol–water partition coefficient (Wildman–Crippen LogP) is 2.90. The molecule has 0 unspecified atom stereocenters. The van der Waals surface area contributed by atoms with Gasteiger partial charge in [-0.25, -0.2) is 0 Å². The molecule has 0 fully saturated rings. The number of para-hydroxylation sites is 1. The maximum atomic E-state index is 12.4. The summed E-state index contributed by atoms with van der Waals surface area (Å²) in [5.41, 5.74) is 6.77. The van der Waals surface area contributed by atoms with Crippen molar-refractivity contribution in [1.29, 1.82) is 0 Å². The van der Waals surface area contributed by atoms with Crippen molar-refractivity contribution in [3.63, 3.8) is 0 Å². The molecule has 0 atom stereocenters. The van der Waals surface area contributed by atoms with Crippen LogP contribution in [0.15, 0.2) is 78.2 Å². The smallest absolute Gasteiger partial charge is 0.269 e. The lowest BCUT2D eigenvalue weighted by molar-refractivity contribution is -0.119. The molecular formula is C24H22N6O4S. The van der Waals surface area contributed by atoms with Crippen molar-refractivity contribution >= 4 is 23.6 Å². The highest BCUT2D eigenvalue weighted by molar-refractivity contribution is 7.99. The van der Waals surface area contributed by atoms with Crippen LogP contribution in [0.5, 0.6) is 11.5 Å². The normalized spacial score (nSPS) is 10.5. The number of nitrogens with zero attached hydrogens (tertiary/aromatic N) is 4. The van der Waals surface area contributed by atoms with Crippen molar-refractivity contribution in [3.8, 4) is 28.6 Å². The second-order valence-corrected chi connectivity index (χ2v) is 8.02. The summed E-state index contributed by atoms with van der Waals surface area (Å²) in [5, 5.41) is 9.11. The molecule has 2 heterocycles. The lowest BCUT2D eigenvalue weighted by Gasteiger charge is -2.11. The van der Waals surface area contributed by atoms with Gasteiger partial charge in [0.2, 0.25) is 5.91 Å². The monoisotopic (exact) mass is 490 g/mol. The Hall–Kier alpha value is -4.38. The maximum Gasteiger partial charge on any atom is 0.269 e. The van der Waals surface area contributed by atoms with Crippen LogP contribution in [-0.4, -0.2) is 51.5 Å². The molecule has 0 bridgehead atoms. The number of pyridine rings is 1. The fourth-order valence-electron chi connectivity index (χ4n) is 3.20. The third-order valence-corrected chi connectivity index (χ3v) is 5.79. The Kier molecular flexibility index (Phi) is 7.58. The summed E-state index contributed by atoms with van der Waals surface area (Å²) in [5.74, 6) is 0.618. The van der Waals surface area contributed by atoms with Crippen LogP contribution in [0.2, 0.25) is 0 Å². The van der Waals surface area contributed by atoms with E-state index >= 15 is 0 Å². The summed E-state index contributed by atoms with van der Waals surface area (Å²) in [6.45, 7) is 0. The first-order valence-electron chi connectivity index (χ1n) is 10.5. The van der Waals surface area contributed by atoms with E-state index in [2.05, 4.69) is 26.0 Å². The largest absolute Gasteiger partial charge is 0.493 e. The fourth-order valence-corrected chi connectivity index (χ4v) is 3.95. The summed E-state index contributed by atoms with van der Waals surface area (Å²) in [6, 6.07) is 18.0. The number of ether oxygens (including phenoxy) is 2. The third kappa shape index (κ3) is 5.58. The highest BCUT2D eigenvalue weighted by Gasteiger charge is 2.18. The molecule has 0 spiro atoms. The molecule has 0 aliphatic heterocycles. The van der Waals surface area contributed by atoms with Crippen molar-refractivity contribution in [2.75, 3.05) is 20.0 Å². The van der Waals surface area contributed by atoms with Gasteiger partial charge in [-0.2, -0.15) is 0 Å². The van der Waals surface area contributed by atoms with Gasteiger partial charge < -0.3 is 9.47 Å². The summed E-state index contributed by atoms with van der Waals surface area (Å²) in [7, 11) is 2.99. The number of carbonyl (C=O) groups is 2. The molecule has 2 aromatic heterocycles. The molecule has 4 aromatic rings. The van der Waals surface area contributed by atoms with E-state index in [9.17, 15) is 9.59 Å². The summed E-state index contributed by atoms with van der Waals surface area (Å²) >= 11 is 1.19. The zero-order valence-electron chi connectivity index (χ0n) is 19.0. The van der Waals surface area contributed by atoms with E-state index in [4.69, 9.17) is 9.47 Å². The number of thioether (sulfide) groups is 1. The van der Waals surface area contributed by atoms with Gasteiger partial charge in [-0.1, -0.05) is 30.0 Å². The molecular weight excluding hydrogens is 468 g/mol. The SMILES string of the molecule is COc1ccc(C(=O)NNC(=O)CSc2nnc(-c3cccnc3)n2-c2ccccc2)cc1OC. The molecule has 0 saturated heterocycles. The molecule has 178 valence electrons. The van der Waals surface area contributed by atoms with Crippen molar-refractivity contribution in [2.24, 2.45) is 0 Å². The third-order valence-electron chi connectivity index (χ3n) is 4.86. The van der Waals surface area contributed by atoms with Gasteiger partial charge in [-0.05, 0) is 42.5 Å².